The minimum absolute atomic E-state index is 0.329. The zero-order valence-corrected chi connectivity index (χ0v) is 16.3. The van der Waals surface area contributed by atoms with E-state index in [1.54, 1.807) is 22.2 Å². The molecule has 1 saturated heterocycles. The first-order valence-corrected chi connectivity index (χ1v) is 9.60. The van der Waals surface area contributed by atoms with E-state index in [0.717, 1.165) is 35.5 Å². The van der Waals surface area contributed by atoms with E-state index in [1.165, 1.54) is 0 Å². The van der Waals surface area contributed by atoms with E-state index in [4.69, 9.17) is 9.97 Å². The standard InChI is InChI=1S/C20H24N6O2/c1-24(2)18-15-7-12-26(20(28)19(27)25-10-3-4-11-25)13-16(15)22-17(23-18)14-5-8-21-9-6-14/h5-6,8-9H,3-4,7,10-13H2,1-2H3. The summed E-state index contributed by atoms with van der Waals surface area (Å²) in [5, 5.41) is 0. The number of carbonyl (C=O) groups is 2. The van der Waals surface area contributed by atoms with Gasteiger partial charge in [-0.25, -0.2) is 9.97 Å². The molecule has 0 N–H and O–H groups in total. The number of aromatic nitrogens is 3. The molecule has 4 heterocycles. The zero-order chi connectivity index (χ0) is 19.7. The summed E-state index contributed by atoms with van der Waals surface area (Å²) in [6.45, 7) is 2.18. The number of nitrogens with zero attached hydrogens (tertiary/aromatic N) is 6. The number of anilines is 1. The number of amides is 2. The Balaban J connectivity index is 1.64. The fourth-order valence-electron chi connectivity index (χ4n) is 3.77. The minimum Gasteiger partial charge on any atom is -0.362 e. The van der Waals surface area contributed by atoms with Crippen molar-refractivity contribution in [3.8, 4) is 11.4 Å². The van der Waals surface area contributed by atoms with Crippen molar-refractivity contribution in [1.82, 2.24) is 24.8 Å². The van der Waals surface area contributed by atoms with Crippen LogP contribution in [0.5, 0.6) is 0 Å². The number of likely N-dealkylation sites (tertiary alicyclic amines) is 1. The molecule has 0 radical (unpaired) electrons. The molecule has 28 heavy (non-hydrogen) atoms. The van der Waals surface area contributed by atoms with Crippen LogP contribution in [-0.2, 0) is 22.6 Å². The number of rotatable bonds is 2. The number of fused-ring (bicyclic) bond motifs is 1. The Bertz CT molecular complexity index is 893. The van der Waals surface area contributed by atoms with Gasteiger partial charge in [0.1, 0.15) is 5.82 Å². The van der Waals surface area contributed by atoms with Crippen LogP contribution in [0, 0.1) is 0 Å². The van der Waals surface area contributed by atoms with E-state index in [-0.39, 0.29) is 0 Å². The average Bonchev–Trinajstić information content (AvgIpc) is 3.26. The summed E-state index contributed by atoms with van der Waals surface area (Å²) >= 11 is 0. The Hall–Kier alpha value is -3.03. The van der Waals surface area contributed by atoms with Crippen LogP contribution in [0.15, 0.2) is 24.5 Å². The lowest BCUT2D eigenvalue weighted by Gasteiger charge is -2.31. The molecule has 0 spiro atoms. The van der Waals surface area contributed by atoms with Crippen molar-refractivity contribution in [3.63, 3.8) is 0 Å². The van der Waals surface area contributed by atoms with Crippen molar-refractivity contribution in [2.24, 2.45) is 0 Å². The summed E-state index contributed by atoms with van der Waals surface area (Å²) in [7, 11) is 3.90. The van der Waals surface area contributed by atoms with Crippen molar-refractivity contribution < 1.29 is 9.59 Å². The van der Waals surface area contributed by atoms with Crippen LogP contribution in [0.4, 0.5) is 5.82 Å². The third kappa shape index (κ3) is 3.42. The molecule has 0 atom stereocenters. The van der Waals surface area contributed by atoms with Crippen molar-refractivity contribution in [2.45, 2.75) is 25.8 Å². The lowest BCUT2D eigenvalue weighted by molar-refractivity contribution is -0.151. The average molecular weight is 380 g/mol. The van der Waals surface area contributed by atoms with Crippen LogP contribution in [0.3, 0.4) is 0 Å². The van der Waals surface area contributed by atoms with Crippen LogP contribution < -0.4 is 4.90 Å². The molecule has 0 saturated carbocycles. The van der Waals surface area contributed by atoms with Crippen molar-refractivity contribution in [2.75, 3.05) is 38.6 Å². The highest BCUT2D eigenvalue weighted by Crippen LogP contribution is 2.28. The van der Waals surface area contributed by atoms with E-state index < -0.39 is 11.8 Å². The normalized spacial score (nSPS) is 16.1. The van der Waals surface area contributed by atoms with Crippen LogP contribution >= 0.6 is 0 Å². The van der Waals surface area contributed by atoms with Gasteiger partial charge in [-0.1, -0.05) is 0 Å². The Morgan fingerprint density at radius 2 is 1.64 bits per heavy atom. The molecule has 1 fully saturated rings. The second-order valence-electron chi connectivity index (χ2n) is 7.40. The Labute approximate surface area is 164 Å². The molecule has 8 nitrogen and oxygen atoms in total. The highest BCUT2D eigenvalue weighted by molar-refractivity contribution is 6.34. The van der Waals surface area contributed by atoms with Crippen LogP contribution in [0.2, 0.25) is 0 Å². The molecule has 0 aliphatic carbocycles. The summed E-state index contributed by atoms with van der Waals surface area (Å²) in [6.07, 6.45) is 5.99. The van der Waals surface area contributed by atoms with Crippen LogP contribution in [0.1, 0.15) is 24.1 Å². The number of pyridine rings is 1. The summed E-state index contributed by atoms with van der Waals surface area (Å²) in [6, 6.07) is 3.73. The molecule has 0 bridgehead atoms. The van der Waals surface area contributed by atoms with Gasteiger partial charge in [0, 0.05) is 57.3 Å². The minimum atomic E-state index is -0.428. The monoisotopic (exact) mass is 380 g/mol. The SMILES string of the molecule is CN(C)c1nc(-c2ccncc2)nc2c1CCN(C(=O)C(=O)N1CCCC1)C2. The van der Waals surface area contributed by atoms with E-state index in [2.05, 4.69) is 4.98 Å². The fourth-order valence-corrected chi connectivity index (χ4v) is 3.77. The quantitative estimate of drug-likeness (QED) is 0.726. The predicted octanol–water partition coefficient (Wildman–Crippen LogP) is 1.11. The van der Waals surface area contributed by atoms with Crippen LogP contribution in [0.25, 0.3) is 11.4 Å². The first-order chi connectivity index (χ1) is 13.5. The molecule has 146 valence electrons. The van der Waals surface area contributed by atoms with E-state index in [1.807, 2.05) is 31.1 Å². The molecule has 2 amide bonds. The summed E-state index contributed by atoms with van der Waals surface area (Å²) in [5.41, 5.74) is 2.72. The molecule has 2 aliphatic rings. The van der Waals surface area contributed by atoms with Crippen LogP contribution in [-0.4, -0.2) is 70.3 Å². The lowest BCUT2D eigenvalue weighted by Crippen LogP contribution is -2.46. The molecule has 8 heteroatoms. The van der Waals surface area contributed by atoms with Crippen molar-refractivity contribution in [1.29, 1.82) is 0 Å². The third-order valence-corrected chi connectivity index (χ3v) is 5.27. The second-order valence-corrected chi connectivity index (χ2v) is 7.40. The molecule has 2 aliphatic heterocycles. The maximum Gasteiger partial charge on any atom is 0.312 e. The largest absolute Gasteiger partial charge is 0.362 e. The van der Waals surface area contributed by atoms with Gasteiger partial charge in [-0.3, -0.25) is 14.6 Å². The van der Waals surface area contributed by atoms with Gasteiger partial charge in [0.2, 0.25) is 0 Å². The molecular formula is C20H24N6O2. The van der Waals surface area contributed by atoms with Gasteiger partial charge in [0.25, 0.3) is 0 Å². The fraction of sp³-hybridized carbons (Fsp3) is 0.450. The summed E-state index contributed by atoms with van der Waals surface area (Å²) < 4.78 is 0. The highest BCUT2D eigenvalue weighted by Gasteiger charge is 2.32. The van der Waals surface area contributed by atoms with Gasteiger partial charge in [-0.15, -0.1) is 0 Å². The van der Waals surface area contributed by atoms with Crippen molar-refractivity contribution in [3.05, 3.63) is 35.8 Å². The van der Waals surface area contributed by atoms with Gasteiger partial charge < -0.3 is 14.7 Å². The Kier molecular flexibility index (Phi) is 4.93. The molecule has 2 aromatic rings. The highest BCUT2D eigenvalue weighted by atomic mass is 16.2. The predicted molar refractivity (Wildman–Crippen MR) is 105 cm³/mol. The first kappa shape index (κ1) is 18.3. The first-order valence-electron chi connectivity index (χ1n) is 9.60. The Morgan fingerprint density at radius 3 is 2.32 bits per heavy atom. The van der Waals surface area contributed by atoms with Gasteiger partial charge in [-0.05, 0) is 31.4 Å². The second kappa shape index (κ2) is 7.53. The summed E-state index contributed by atoms with van der Waals surface area (Å²) in [5.74, 6) is 0.639. The molecule has 0 aromatic carbocycles. The van der Waals surface area contributed by atoms with E-state index in [0.29, 0.717) is 38.4 Å². The maximum atomic E-state index is 12.7. The maximum absolute atomic E-state index is 12.7. The van der Waals surface area contributed by atoms with Gasteiger partial charge in [0.05, 0.1) is 12.2 Å². The Morgan fingerprint density at radius 1 is 0.964 bits per heavy atom. The van der Waals surface area contributed by atoms with Gasteiger partial charge >= 0.3 is 11.8 Å². The van der Waals surface area contributed by atoms with E-state index >= 15 is 0 Å². The molecule has 2 aromatic heterocycles. The number of hydrogen-bond acceptors (Lipinski definition) is 6. The number of carbonyl (C=O) groups excluding carboxylic acids is 2. The van der Waals surface area contributed by atoms with Crippen molar-refractivity contribution >= 4 is 17.6 Å². The molecule has 4 rings (SSSR count). The van der Waals surface area contributed by atoms with Gasteiger partial charge in [0.15, 0.2) is 5.82 Å². The third-order valence-electron chi connectivity index (χ3n) is 5.27. The number of hydrogen-bond donors (Lipinski definition) is 0. The smallest absolute Gasteiger partial charge is 0.312 e. The van der Waals surface area contributed by atoms with E-state index in [9.17, 15) is 9.59 Å². The topological polar surface area (TPSA) is 82.5 Å². The zero-order valence-electron chi connectivity index (χ0n) is 16.3. The molecular weight excluding hydrogens is 356 g/mol. The van der Waals surface area contributed by atoms with Gasteiger partial charge in [-0.2, -0.15) is 0 Å². The summed E-state index contributed by atoms with van der Waals surface area (Å²) in [4.78, 5) is 44.0. The molecule has 0 unspecified atom stereocenters. The lowest BCUT2D eigenvalue weighted by atomic mass is 10.0.